The van der Waals surface area contributed by atoms with Crippen LogP contribution in [0.25, 0.3) is 0 Å². The molecular formula is C13H16N2O3. The molecule has 2 N–H and O–H groups in total. The number of benzene rings is 1. The molecule has 1 aromatic rings. The fourth-order valence-electron chi connectivity index (χ4n) is 1.96. The van der Waals surface area contributed by atoms with Crippen LogP contribution in [0, 0.1) is 0 Å². The number of rotatable bonds is 5. The van der Waals surface area contributed by atoms with Crippen LogP contribution in [0.5, 0.6) is 0 Å². The van der Waals surface area contributed by atoms with Gasteiger partial charge in [0, 0.05) is 12.3 Å². The second-order valence-corrected chi connectivity index (χ2v) is 4.14. The summed E-state index contributed by atoms with van der Waals surface area (Å²) in [6, 6.07) is 4.93. The molecule has 2 rings (SSSR count). The van der Waals surface area contributed by atoms with Gasteiger partial charge in [0.2, 0.25) is 0 Å². The molecule has 18 heavy (non-hydrogen) atoms. The first kappa shape index (κ1) is 12.6. The van der Waals surface area contributed by atoms with E-state index in [1.807, 2.05) is 6.92 Å². The molecule has 0 saturated carbocycles. The van der Waals surface area contributed by atoms with E-state index in [4.69, 9.17) is 10.5 Å². The van der Waals surface area contributed by atoms with Crippen LogP contribution in [-0.2, 0) is 4.74 Å². The average Bonchev–Trinajstić information content (AvgIpc) is 2.60. The summed E-state index contributed by atoms with van der Waals surface area (Å²) in [5, 5.41) is 0. The molecule has 0 atom stereocenters. The summed E-state index contributed by atoms with van der Waals surface area (Å²) in [6.07, 6.45) is 0.912. The number of nitrogens with two attached hydrogens (primary N) is 1. The number of hydrogen-bond acceptors (Lipinski definition) is 4. The Morgan fingerprint density at radius 1 is 1.22 bits per heavy atom. The van der Waals surface area contributed by atoms with Crippen LogP contribution in [0.3, 0.4) is 0 Å². The standard InChI is InChI=1S/C13H16N2O3/c1-2-7-18-8-6-15-12(16)9-4-3-5-10(14)11(9)13(15)17/h3-5H,2,6-8,14H2,1H3. The van der Waals surface area contributed by atoms with Crippen LogP contribution in [0.4, 0.5) is 5.69 Å². The van der Waals surface area contributed by atoms with Crippen molar-refractivity contribution in [1.82, 2.24) is 4.90 Å². The number of fused-ring (bicyclic) bond motifs is 1. The van der Waals surface area contributed by atoms with Crippen LogP contribution < -0.4 is 5.73 Å². The number of carbonyl (C=O) groups excluding carboxylic acids is 2. The third-order valence-corrected chi connectivity index (χ3v) is 2.84. The molecule has 96 valence electrons. The van der Waals surface area contributed by atoms with Gasteiger partial charge in [0.25, 0.3) is 11.8 Å². The number of ether oxygens (including phenoxy) is 1. The van der Waals surface area contributed by atoms with Crippen molar-refractivity contribution in [2.24, 2.45) is 0 Å². The smallest absolute Gasteiger partial charge is 0.263 e. The maximum absolute atomic E-state index is 12.1. The summed E-state index contributed by atoms with van der Waals surface area (Å²) < 4.78 is 5.29. The number of imide groups is 1. The van der Waals surface area contributed by atoms with E-state index < -0.39 is 0 Å². The van der Waals surface area contributed by atoms with Gasteiger partial charge in [-0.05, 0) is 18.6 Å². The van der Waals surface area contributed by atoms with Gasteiger partial charge < -0.3 is 10.5 Å². The second-order valence-electron chi connectivity index (χ2n) is 4.14. The lowest BCUT2D eigenvalue weighted by Crippen LogP contribution is -2.33. The van der Waals surface area contributed by atoms with Crippen molar-refractivity contribution in [3.05, 3.63) is 29.3 Å². The van der Waals surface area contributed by atoms with Crippen LogP contribution in [0.2, 0.25) is 0 Å². The van der Waals surface area contributed by atoms with E-state index in [0.717, 1.165) is 6.42 Å². The van der Waals surface area contributed by atoms with Gasteiger partial charge in [-0.2, -0.15) is 0 Å². The lowest BCUT2D eigenvalue weighted by atomic mass is 10.1. The minimum atomic E-state index is -0.326. The quantitative estimate of drug-likeness (QED) is 0.484. The first-order chi connectivity index (χ1) is 8.66. The van der Waals surface area contributed by atoms with Gasteiger partial charge in [-0.1, -0.05) is 13.0 Å². The molecule has 0 fully saturated rings. The second kappa shape index (κ2) is 5.18. The average molecular weight is 248 g/mol. The Morgan fingerprint density at radius 3 is 2.67 bits per heavy atom. The highest BCUT2D eigenvalue weighted by atomic mass is 16.5. The maximum Gasteiger partial charge on any atom is 0.263 e. The highest BCUT2D eigenvalue weighted by molar-refractivity contribution is 6.23. The van der Waals surface area contributed by atoms with Gasteiger partial charge in [0.1, 0.15) is 0 Å². The molecule has 0 bridgehead atoms. The van der Waals surface area contributed by atoms with Crippen LogP contribution in [0.1, 0.15) is 34.1 Å². The molecule has 1 aliphatic rings. The number of nitrogen functional groups attached to an aromatic ring is 1. The van der Waals surface area contributed by atoms with Gasteiger partial charge >= 0.3 is 0 Å². The third-order valence-electron chi connectivity index (χ3n) is 2.84. The summed E-state index contributed by atoms with van der Waals surface area (Å²) >= 11 is 0. The van der Waals surface area contributed by atoms with Crippen LogP contribution in [-0.4, -0.2) is 36.5 Å². The van der Waals surface area contributed by atoms with Crippen molar-refractivity contribution < 1.29 is 14.3 Å². The Labute approximate surface area is 106 Å². The molecule has 5 heteroatoms. The molecule has 1 aliphatic heterocycles. The van der Waals surface area contributed by atoms with Gasteiger partial charge in [-0.3, -0.25) is 14.5 Å². The molecule has 0 aromatic heterocycles. The van der Waals surface area contributed by atoms with Crippen molar-refractivity contribution in [3.63, 3.8) is 0 Å². The summed E-state index contributed by atoms with van der Waals surface area (Å²) in [6.45, 7) is 3.26. The number of nitrogens with zero attached hydrogens (tertiary/aromatic N) is 1. The van der Waals surface area contributed by atoms with E-state index >= 15 is 0 Å². The lowest BCUT2D eigenvalue weighted by molar-refractivity contribution is 0.0564. The number of amides is 2. The molecule has 1 aromatic carbocycles. The van der Waals surface area contributed by atoms with E-state index in [2.05, 4.69) is 0 Å². The SMILES string of the molecule is CCCOCCN1C(=O)c2cccc(N)c2C1=O. The van der Waals surface area contributed by atoms with Gasteiger partial charge in [0.05, 0.1) is 24.3 Å². The molecule has 1 heterocycles. The lowest BCUT2D eigenvalue weighted by Gasteiger charge is -2.13. The Morgan fingerprint density at radius 2 is 2.00 bits per heavy atom. The predicted molar refractivity (Wildman–Crippen MR) is 67.3 cm³/mol. The van der Waals surface area contributed by atoms with Crippen molar-refractivity contribution in [2.75, 3.05) is 25.5 Å². The monoisotopic (exact) mass is 248 g/mol. The molecule has 2 amide bonds. The van der Waals surface area contributed by atoms with Crippen molar-refractivity contribution in [2.45, 2.75) is 13.3 Å². The van der Waals surface area contributed by atoms with Gasteiger partial charge in [0.15, 0.2) is 0 Å². The van der Waals surface area contributed by atoms with Crippen LogP contribution >= 0.6 is 0 Å². The van der Waals surface area contributed by atoms with E-state index in [0.29, 0.717) is 30.0 Å². The summed E-state index contributed by atoms with van der Waals surface area (Å²) in [7, 11) is 0. The number of carbonyl (C=O) groups is 2. The van der Waals surface area contributed by atoms with Gasteiger partial charge in [-0.25, -0.2) is 0 Å². The minimum absolute atomic E-state index is 0.270. The highest BCUT2D eigenvalue weighted by Crippen LogP contribution is 2.27. The topological polar surface area (TPSA) is 72.6 Å². The van der Waals surface area contributed by atoms with Gasteiger partial charge in [-0.15, -0.1) is 0 Å². The summed E-state index contributed by atoms with van der Waals surface area (Å²) in [5.41, 5.74) is 6.78. The van der Waals surface area contributed by atoms with E-state index in [1.54, 1.807) is 18.2 Å². The largest absolute Gasteiger partial charge is 0.398 e. The van der Waals surface area contributed by atoms with Crippen molar-refractivity contribution in [3.8, 4) is 0 Å². The molecule has 0 radical (unpaired) electrons. The zero-order valence-corrected chi connectivity index (χ0v) is 10.3. The zero-order valence-electron chi connectivity index (χ0n) is 10.3. The van der Waals surface area contributed by atoms with Crippen molar-refractivity contribution >= 4 is 17.5 Å². The Kier molecular flexibility index (Phi) is 3.62. The summed E-state index contributed by atoms with van der Waals surface area (Å²) in [5.74, 6) is -0.615. The zero-order chi connectivity index (χ0) is 13.1. The molecule has 0 saturated heterocycles. The molecular weight excluding hydrogens is 232 g/mol. The molecule has 0 aliphatic carbocycles. The van der Waals surface area contributed by atoms with E-state index in [1.165, 1.54) is 4.90 Å². The first-order valence-corrected chi connectivity index (χ1v) is 5.99. The first-order valence-electron chi connectivity index (χ1n) is 5.99. The third kappa shape index (κ3) is 2.09. The molecule has 0 spiro atoms. The van der Waals surface area contributed by atoms with Crippen LogP contribution in [0.15, 0.2) is 18.2 Å². The Bertz CT molecular complexity index is 485. The summed E-state index contributed by atoms with van der Waals surface area (Å²) in [4.78, 5) is 25.3. The normalized spacial score (nSPS) is 14.2. The predicted octanol–water partition coefficient (Wildman–Crippen LogP) is 1.29. The van der Waals surface area contributed by atoms with E-state index in [9.17, 15) is 9.59 Å². The maximum atomic E-state index is 12.1. The fraction of sp³-hybridized carbons (Fsp3) is 0.385. The minimum Gasteiger partial charge on any atom is -0.398 e. The Balaban J connectivity index is 2.11. The Hall–Kier alpha value is -1.88. The fourth-order valence-corrected chi connectivity index (χ4v) is 1.96. The highest BCUT2D eigenvalue weighted by Gasteiger charge is 2.36. The number of anilines is 1. The number of hydrogen-bond donors (Lipinski definition) is 1. The molecule has 0 unspecified atom stereocenters. The molecule has 5 nitrogen and oxygen atoms in total. The van der Waals surface area contributed by atoms with E-state index in [-0.39, 0.29) is 18.4 Å². The van der Waals surface area contributed by atoms with Crippen molar-refractivity contribution in [1.29, 1.82) is 0 Å².